The molecule has 5 heteroatoms. The summed E-state index contributed by atoms with van der Waals surface area (Å²) in [5, 5.41) is 11.0. The number of hydrogen-bond donors (Lipinski definition) is 1. The fourth-order valence-corrected chi connectivity index (χ4v) is 2.37. The lowest BCUT2D eigenvalue weighted by Gasteiger charge is -2.21. The van der Waals surface area contributed by atoms with Gasteiger partial charge in [-0.1, -0.05) is 26.7 Å². The highest BCUT2D eigenvalue weighted by atomic mass is 16.7. The average molecular weight is 289 g/mol. The summed E-state index contributed by atoms with van der Waals surface area (Å²) in [5.74, 6) is 0.335. The van der Waals surface area contributed by atoms with Crippen LogP contribution in [0.2, 0.25) is 0 Å². The zero-order valence-corrected chi connectivity index (χ0v) is 13.6. The molecule has 5 nitrogen and oxygen atoms in total. The maximum Gasteiger partial charge on any atom is 0.248 e. The van der Waals surface area contributed by atoms with Gasteiger partial charge in [-0.2, -0.15) is 0 Å². The van der Waals surface area contributed by atoms with Crippen LogP contribution in [0.3, 0.4) is 0 Å². The molecule has 120 valence electrons. The Kier molecular flexibility index (Phi) is 10.7. The molecule has 0 aliphatic carbocycles. The number of aliphatic hydroxyl groups excluding tert-OH is 1. The van der Waals surface area contributed by atoms with Gasteiger partial charge in [0.1, 0.15) is 0 Å². The molecule has 0 aromatic rings. The normalized spacial score (nSPS) is 15.7. The van der Waals surface area contributed by atoms with Crippen molar-refractivity contribution in [3.63, 3.8) is 0 Å². The minimum absolute atomic E-state index is 0.121. The van der Waals surface area contributed by atoms with Crippen LogP contribution in [-0.4, -0.2) is 49.6 Å². The van der Waals surface area contributed by atoms with E-state index in [1.807, 2.05) is 0 Å². The molecule has 0 aromatic heterocycles. The predicted molar refractivity (Wildman–Crippen MR) is 79.1 cm³/mol. The number of carbonyl (C=O) groups excluding carboxylic acids is 1. The molecule has 0 heterocycles. The van der Waals surface area contributed by atoms with Gasteiger partial charge in [-0.15, -0.1) is 0 Å². The number of hydrogen-bond acceptors (Lipinski definition) is 4. The maximum atomic E-state index is 11.5. The first-order chi connectivity index (χ1) is 9.46. The van der Waals surface area contributed by atoms with Gasteiger partial charge in [0.05, 0.1) is 25.7 Å². The molecule has 0 fully saturated rings. The second kappa shape index (κ2) is 11.1. The third-order valence-corrected chi connectivity index (χ3v) is 3.82. The van der Waals surface area contributed by atoms with Crippen molar-refractivity contribution < 1.29 is 19.5 Å². The average Bonchev–Trinajstić information content (AvgIpc) is 2.43. The monoisotopic (exact) mass is 289 g/mol. The van der Waals surface area contributed by atoms with Crippen molar-refractivity contribution in [3.8, 4) is 0 Å². The van der Waals surface area contributed by atoms with Gasteiger partial charge in [-0.25, -0.2) is 5.06 Å². The molecule has 0 saturated carbocycles. The molecule has 0 aromatic carbocycles. The van der Waals surface area contributed by atoms with Gasteiger partial charge in [0.15, 0.2) is 0 Å². The fraction of sp³-hybridized carbons (Fsp3) is 0.933. The van der Waals surface area contributed by atoms with Crippen LogP contribution in [0.15, 0.2) is 0 Å². The van der Waals surface area contributed by atoms with Gasteiger partial charge in [0, 0.05) is 14.2 Å². The van der Waals surface area contributed by atoms with E-state index in [0.717, 1.165) is 30.7 Å². The van der Waals surface area contributed by atoms with E-state index in [4.69, 9.17) is 9.57 Å². The quantitative estimate of drug-likeness (QED) is 0.468. The maximum absolute atomic E-state index is 11.5. The Hall–Kier alpha value is -0.650. The number of amides is 1. The Morgan fingerprint density at radius 2 is 1.85 bits per heavy atom. The van der Waals surface area contributed by atoms with E-state index < -0.39 is 6.10 Å². The van der Waals surface area contributed by atoms with Gasteiger partial charge >= 0.3 is 0 Å². The molecule has 1 amide bonds. The summed E-state index contributed by atoms with van der Waals surface area (Å²) in [4.78, 5) is 16.3. The number of nitrogens with zero attached hydrogens (tertiary/aromatic N) is 1. The summed E-state index contributed by atoms with van der Waals surface area (Å²) in [6, 6.07) is 0. The number of hydroxylamine groups is 2. The third-order valence-electron chi connectivity index (χ3n) is 3.82. The van der Waals surface area contributed by atoms with Gasteiger partial charge < -0.3 is 9.84 Å². The van der Waals surface area contributed by atoms with Crippen LogP contribution in [0.4, 0.5) is 0 Å². The second-order valence-electron chi connectivity index (χ2n) is 5.38. The van der Waals surface area contributed by atoms with E-state index in [1.165, 1.54) is 7.11 Å². The Morgan fingerprint density at radius 3 is 2.35 bits per heavy atom. The number of ether oxygens (including phenoxy) is 1. The molecule has 0 radical (unpaired) electrons. The first-order valence-electron chi connectivity index (χ1n) is 7.47. The highest BCUT2D eigenvalue weighted by molar-refractivity contribution is 5.75. The molecule has 20 heavy (non-hydrogen) atoms. The largest absolute Gasteiger partial charge is 0.393 e. The van der Waals surface area contributed by atoms with Crippen molar-refractivity contribution in [2.45, 2.75) is 64.6 Å². The van der Waals surface area contributed by atoms with Gasteiger partial charge in [-0.3, -0.25) is 9.63 Å². The molecule has 0 saturated heterocycles. The van der Waals surface area contributed by atoms with E-state index in [9.17, 15) is 9.90 Å². The smallest absolute Gasteiger partial charge is 0.248 e. The highest BCUT2D eigenvalue weighted by Gasteiger charge is 2.16. The van der Waals surface area contributed by atoms with E-state index in [1.54, 1.807) is 14.2 Å². The van der Waals surface area contributed by atoms with Crippen molar-refractivity contribution in [1.29, 1.82) is 0 Å². The van der Waals surface area contributed by atoms with Crippen LogP contribution in [0.1, 0.15) is 52.4 Å². The predicted octanol–water partition coefficient (Wildman–Crippen LogP) is 2.38. The lowest BCUT2D eigenvalue weighted by molar-refractivity contribution is -0.170. The van der Waals surface area contributed by atoms with Crippen LogP contribution < -0.4 is 0 Å². The SMILES string of the molecule is CC[C@@H](OC)[C@@H](C)CCCC[C@@H](O)CC(=O)N(C)OC. The van der Waals surface area contributed by atoms with Crippen LogP contribution in [0.5, 0.6) is 0 Å². The van der Waals surface area contributed by atoms with Gasteiger partial charge in [-0.05, 0) is 25.2 Å². The van der Waals surface area contributed by atoms with Crippen molar-refractivity contribution in [2.75, 3.05) is 21.3 Å². The highest BCUT2D eigenvalue weighted by Crippen LogP contribution is 2.18. The summed E-state index contributed by atoms with van der Waals surface area (Å²) in [6.07, 6.45) is 4.59. The minimum Gasteiger partial charge on any atom is -0.393 e. The second-order valence-corrected chi connectivity index (χ2v) is 5.38. The van der Waals surface area contributed by atoms with E-state index in [-0.39, 0.29) is 12.3 Å². The molecule has 3 atom stereocenters. The zero-order chi connectivity index (χ0) is 15.5. The van der Waals surface area contributed by atoms with E-state index in [0.29, 0.717) is 18.4 Å². The molecule has 1 N–H and O–H groups in total. The van der Waals surface area contributed by atoms with Crippen LogP contribution >= 0.6 is 0 Å². The fourth-order valence-electron chi connectivity index (χ4n) is 2.37. The standard InChI is InChI=1S/C15H31NO4/c1-6-14(19-4)12(2)9-7-8-10-13(17)11-15(18)16(3)20-5/h12-14,17H,6-11H2,1-5H3/t12-,13+,14+/m0/s1. The molecular weight excluding hydrogens is 258 g/mol. The number of rotatable bonds is 11. The molecule has 0 aliphatic heterocycles. The summed E-state index contributed by atoms with van der Waals surface area (Å²) in [6.45, 7) is 4.33. The number of unbranched alkanes of at least 4 members (excludes halogenated alkanes) is 1. The van der Waals surface area contributed by atoms with Gasteiger partial charge in [0.2, 0.25) is 5.91 Å². The minimum atomic E-state index is -0.584. The molecule has 0 unspecified atom stereocenters. The van der Waals surface area contributed by atoms with Crippen LogP contribution in [0.25, 0.3) is 0 Å². The summed E-state index contributed by atoms with van der Waals surface area (Å²) in [7, 11) is 4.74. The Morgan fingerprint density at radius 1 is 1.25 bits per heavy atom. The first-order valence-corrected chi connectivity index (χ1v) is 7.47. The molecular formula is C15H31NO4. The summed E-state index contributed by atoms with van der Waals surface area (Å²) >= 11 is 0. The molecule has 0 aliphatic rings. The van der Waals surface area contributed by atoms with Crippen LogP contribution in [-0.2, 0) is 14.4 Å². The van der Waals surface area contributed by atoms with E-state index in [2.05, 4.69) is 13.8 Å². The Balaban J connectivity index is 3.76. The summed E-state index contributed by atoms with van der Waals surface area (Å²) < 4.78 is 5.42. The van der Waals surface area contributed by atoms with Crippen LogP contribution in [0, 0.1) is 5.92 Å². The lowest BCUT2D eigenvalue weighted by atomic mass is 9.95. The Labute approximate surface area is 123 Å². The molecule has 0 spiro atoms. The molecule has 0 rings (SSSR count). The number of carbonyl (C=O) groups is 1. The van der Waals surface area contributed by atoms with Gasteiger partial charge in [0.25, 0.3) is 0 Å². The number of aliphatic hydroxyl groups is 1. The van der Waals surface area contributed by atoms with Crippen molar-refractivity contribution in [1.82, 2.24) is 5.06 Å². The van der Waals surface area contributed by atoms with Crippen molar-refractivity contribution >= 4 is 5.91 Å². The third kappa shape index (κ3) is 7.82. The number of methoxy groups -OCH3 is 1. The van der Waals surface area contributed by atoms with Crippen molar-refractivity contribution in [2.24, 2.45) is 5.92 Å². The molecule has 0 bridgehead atoms. The van der Waals surface area contributed by atoms with E-state index >= 15 is 0 Å². The zero-order valence-electron chi connectivity index (χ0n) is 13.6. The summed E-state index contributed by atoms with van der Waals surface area (Å²) in [5.41, 5.74) is 0. The lowest BCUT2D eigenvalue weighted by Crippen LogP contribution is -2.29. The Bertz CT molecular complexity index is 256. The topological polar surface area (TPSA) is 59.0 Å². The van der Waals surface area contributed by atoms with Crippen molar-refractivity contribution in [3.05, 3.63) is 0 Å². The first kappa shape index (κ1) is 19.4.